The van der Waals surface area contributed by atoms with Crippen LogP contribution >= 0.6 is 11.8 Å². The number of hydrogen-bond acceptors (Lipinski definition) is 7. The molecule has 0 saturated carbocycles. The van der Waals surface area contributed by atoms with Gasteiger partial charge in [-0.05, 0) is 19.2 Å². The smallest absolute Gasteiger partial charge is 0.311 e. The molecule has 106 valence electrons. The normalized spacial score (nSPS) is 13.7. The lowest BCUT2D eigenvalue weighted by Gasteiger charge is -2.21. The minimum absolute atomic E-state index is 0.00511. The van der Waals surface area contributed by atoms with E-state index in [1.54, 1.807) is 13.1 Å². The second-order valence-corrected chi connectivity index (χ2v) is 5.04. The van der Waals surface area contributed by atoms with Gasteiger partial charge in [-0.3, -0.25) is 10.1 Å². The first-order chi connectivity index (χ1) is 9.03. The first kappa shape index (κ1) is 15.5. The second kappa shape index (κ2) is 7.15. The van der Waals surface area contributed by atoms with Crippen LogP contribution in [0.5, 0.6) is 0 Å². The van der Waals surface area contributed by atoms with Gasteiger partial charge in [0.2, 0.25) is 5.82 Å². The molecule has 0 aliphatic rings. The molecule has 8 heteroatoms. The number of aromatic nitrogens is 1. The highest BCUT2D eigenvalue weighted by molar-refractivity contribution is 7.99. The van der Waals surface area contributed by atoms with Crippen molar-refractivity contribution in [3.8, 4) is 0 Å². The number of nitro groups is 1. The van der Waals surface area contributed by atoms with Gasteiger partial charge in [-0.1, -0.05) is 0 Å². The predicted octanol–water partition coefficient (Wildman–Crippen LogP) is 1.56. The van der Waals surface area contributed by atoms with Crippen molar-refractivity contribution >= 4 is 29.1 Å². The Labute approximate surface area is 116 Å². The van der Waals surface area contributed by atoms with E-state index in [0.717, 1.165) is 0 Å². The molecule has 1 aromatic rings. The van der Waals surface area contributed by atoms with Crippen LogP contribution in [-0.4, -0.2) is 46.2 Å². The summed E-state index contributed by atoms with van der Waals surface area (Å²) in [5, 5.41) is 26.0. The zero-order chi connectivity index (χ0) is 14.4. The highest BCUT2D eigenvalue weighted by Crippen LogP contribution is 2.26. The summed E-state index contributed by atoms with van der Waals surface area (Å²) in [7, 11) is 1.69. The van der Waals surface area contributed by atoms with E-state index in [9.17, 15) is 15.2 Å². The Balaban J connectivity index is 3.00. The lowest BCUT2D eigenvalue weighted by Crippen LogP contribution is -2.31. The lowest BCUT2D eigenvalue weighted by atomic mass is 10.2. The summed E-state index contributed by atoms with van der Waals surface area (Å²) in [5.41, 5.74) is -0.0800. The van der Waals surface area contributed by atoms with E-state index < -0.39 is 4.92 Å². The van der Waals surface area contributed by atoms with Gasteiger partial charge in [0.25, 0.3) is 0 Å². The van der Waals surface area contributed by atoms with E-state index >= 15 is 0 Å². The van der Waals surface area contributed by atoms with Crippen molar-refractivity contribution < 1.29 is 10.0 Å². The van der Waals surface area contributed by atoms with E-state index in [-0.39, 0.29) is 29.4 Å². The molecule has 0 fully saturated rings. The van der Waals surface area contributed by atoms with Gasteiger partial charge in [-0.25, -0.2) is 4.98 Å². The molecule has 3 N–H and O–H groups in total. The topological polar surface area (TPSA) is 100 Å². The molecule has 0 aliphatic carbocycles. The van der Waals surface area contributed by atoms with Gasteiger partial charge in [-0.15, -0.1) is 0 Å². The van der Waals surface area contributed by atoms with Crippen LogP contribution in [-0.2, 0) is 0 Å². The molecule has 7 nitrogen and oxygen atoms in total. The van der Waals surface area contributed by atoms with Gasteiger partial charge in [0, 0.05) is 24.4 Å². The molecule has 0 saturated heterocycles. The van der Waals surface area contributed by atoms with Crippen molar-refractivity contribution in [3.05, 3.63) is 22.2 Å². The number of thioether (sulfide) groups is 1. The van der Waals surface area contributed by atoms with Crippen LogP contribution in [0.1, 0.15) is 6.92 Å². The van der Waals surface area contributed by atoms with Gasteiger partial charge in [-0.2, -0.15) is 11.8 Å². The maximum atomic E-state index is 11.0. The number of nitrogens with zero attached hydrogens (tertiary/aromatic N) is 2. The van der Waals surface area contributed by atoms with Gasteiger partial charge in [0.05, 0.1) is 11.5 Å². The monoisotopic (exact) mass is 286 g/mol. The third-order valence-electron chi connectivity index (χ3n) is 2.73. The standard InChI is InChI=1S/C11H18N4O3S/c1-7(9(6-16)19-3)13-11-8(15(17)18)4-5-10(12-2)14-11/h4-5,7,9,16H,6H2,1-3H3,(H2,12,13,14). The van der Waals surface area contributed by atoms with Crippen LogP contribution in [0.2, 0.25) is 0 Å². The number of pyridine rings is 1. The molecule has 0 bridgehead atoms. The van der Waals surface area contributed by atoms with Crippen LogP contribution in [0.25, 0.3) is 0 Å². The summed E-state index contributed by atoms with van der Waals surface area (Å²) >= 11 is 1.50. The van der Waals surface area contributed by atoms with Crippen molar-refractivity contribution in [2.45, 2.75) is 18.2 Å². The fraction of sp³-hybridized carbons (Fsp3) is 0.545. The Morgan fingerprint density at radius 1 is 1.58 bits per heavy atom. The first-order valence-corrected chi connectivity index (χ1v) is 7.05. The molecular weight excluding hydrogens is 268 g/mol. The van der Waals surface area contributed by atoms with Crippen LogP contribution in [0.15, 0.2) is 12.1 Å². The number of nitrogens with one attached hydrogen (secondary N) is 2. The molecule has 0 spiro atoms. The van der Waals surface area contributed by atoms with E-state index in [1.807, 2.05) is 13.2 Å². The predicted molar refractivity (Wildman–Crippen MR) is 77.9 cm³/mol. The molecule has 0 radical (unpaired) electrons. The van der Waals surface area contributed by atoms with Gasteiger partial charge < -0.3 is 15.7 Å². The first-order valence-electron chi connectivity index (χ1n) is 5.76. The molecule has 0 amide bonds. The van der Waals surface area contributed by atoms with Crippen molar-refractivity contribution in [2.24, 2.45) is 0 Å². The second-order valence-electron chi connectivity index (χ2n) is 3.96. The molecular formula is C11H18N4O3S. The summed E-state index contributed by atoms with van der Waals surface area (Å²) in [6.45, 7) is 1.85. The largest absolute Gasteiger partial charge is 0.395 e. The Kier molecular flexibility index (Phi) is 5.84. The Hall–Kier alpha value is -1.54. The fourth-order valence-corrected chi connectivity index (χ4v) is 2.22. The fourth-order valence-electron chi connectivity index (χ4n) is 1.59. The summed E-state index contributed by atoms with van der Waals surface area (Å²) < 4.78 is 0. The van der Waals surface area contributed by atoms with E-state index in [4.69, 9.17) is 0 Å². The van der Waals surface area contributed by atoms with Gasteiger partial charge in [0.1, 0.15) is 5.82 Å². The maximum Gasteiger partial charge on any atom is 0.311 e. The van der Waals surface area contributed by atoms with E-state index in [1.165, 1.54) is 17.8 Å². The highest BCUT2D eigenvalue weighted by atomic mass is 32.2. The molecule has 0 aliphatic heterocycles. The average molecular weight is 286 g/mol. The van der Waals surface area contributed by atoms with Crippen molar-refractivity contribution in [2.75, 3.05) is 30.5 Å². The van der Waals surface area contributed by atoms with Crippen LogP contribution in [0.3, 0.4) is 0 Å². The highest BCUT2D eigenvalue weighted by Gasteiger charge is 2.21. The quantitative estimate of drug-likeness (QED) is 0.516. The minimum Gasteiger partial charge on any atom is -0.395 e. The molecule has 2 unspecified atom stereocenters. The molecule has 2 atom stereocenters. The minimum atomic E-state index is -0.478. The summed E-state index contributed by atoms with van der Waals surface area (Å²) in [4.78, 5) is 14.6. The third kappa shape index (κ3) is 3.97. The number of anilines is 2. The molecule has 1 heterocycles. The van der Waals surface area contributed by atoms with Gasteiger partial charge in [0.15, 0.2) is 0 Å². The van der Waals surface area contributed by atoms with Gasteiger partial charge >= 0.3 is 5.69 Å². The Bertz CT molecular complexity index is 440. The van der Waals surface area contributed by atoms with Crippen LogP contribution < -0.4 is 10.6 Å². The zero-order valence-corrected chi connectivity index (χ0v) is 11.9. The Morgan fingerprint density at radius 3 is 2.74 bits per heavy atom. The maximum absolute atomic E-state index is 11.0. The molecule has 0 aromatic carbocycles. The molecule has 19 heavy (non-hydrogen) atoms. The molecule has 1 rings (SSSR count). The summed E-state index contributed by atoms with van der Waals surface area (Å²) in [6.07, 6.45) is 1.88. The third-order valence-corrected chi connectivity index (χ3v) is 3.89. The zero-order valence-electron chi connectivity index (χ0n) is 11.1. The van der Waals surface area contributed by atoms with Crippen LogP contribution in [0.4, 0.5) is 17.3 Å². The number of hydrogen-bond donors (Lipinski definition) is 3. The number of rotatable bonds is 7. The van der Waals surface area contributed by atoms with Crippen molar-refractivity contribution in [3.63, 3.8) is 0 Å². The summed E-state index contributed by atoms with van der Waals surface area (Å²) in [6, 6.07) is 2.81. The lowest BCUT2D eigenvalue weighted by molar-refractivity contribution is -0.384. The SMILES string of the molecule is CNc1ccc([N+](=O)[O-])c(NC(C)C(CO)SC)n1. The Morgan fingerprint density at radius 2 is 2.26 bits per heavy atom. The van der Waals surface area contributed by atoms with Crippen molar-refractivity contribution in [1.29, 1.82) is 0 Å². The number of aliphatic hydroxyl groups excluding tert-OH is 1. The van der Waals surface area contributed by atoms with E-state index in [2.05, 4.69) is 15.6 Å². The van der Waals surface area contributed by atoms with Crippen molar-refractivity contribution in [1.82, 2.24) is 4.98 Å². The van der Waals surface area contributed by atoms with Crippen LogP contribution in [0, 0.1) is 10.1 Å². The number of aliphatic hydroxyl groups is 1. The average Bonchev–Trinajstić information content (AvgIpc) is 2.39. The van der Waals surface area contributed by atoms with E-state index in [0.29, 0.717) is 5.82 Å². The molecule has 1 aromatic heterocycles. The summed E-state index contributed by atoms with van der Waals surface area (Å²) in [5.74, 6) is 0.752.